The Morgan fingerprint density at radius 3 is 2.75 bits per heavy atom. The van der Waals surface area contributed by atoms with Crippen molar-refractivity contribution in [1.29, 1.82) is 0 Å². The first-order valence-corrected chi connectivity index (χ1v) is 4.34. The number of oxime groups is 1. The molecular weight excluding hydrogens is 215 g/mol. The van der Waals surface area contributed by atoms with Crippen LogP contribution in [0.4, 0.5) is 14.9 Å². The SMILES string of the molecule is CNC(=O)Nc1ccc(/C(N)=N/O)cc1F. The van der Waals surface area contributed by atoms with Gasteiger partial charge in [0.1, 0.15) is 5.82 Å². The molecule has 0 aliphatic rings. The molecule has 0 aromatic heterocycles. The van der Waals surface area contributed by atoms with E-state index < -0.39 is 11.8 Å². The molecule has 0 saturated carbocycles. The van der Waals surface area contributed by atoms with E-state index in [1.54, 1.807) is 0 Å². The number of urea groups is 1. The predicted molar refractivity (Wildman–Crippen MR) is 57.0 cm³/mol. The van der Waals surface area contributed by atoms with Gasteiger partial charge in [0.05, 0.1) is 5.69 Å². The third-order valence-electron chi connectivity index (χ3n) is 1.85. The van der Waals surface area contributed by atoms with Crippen LogP contribution in [0.3, 0.4) is 0 Å². The monoisotopic (exact) mass is 226 g/mol. The zero-order chi connectivity index (χ0) is 12.1. The van der Waals surface area contributed by atoms with Crippen molar-refractivity contribution in [1.82, 2.24) is 5.32 Å². The molecule has 6 nitrogen and oxygen atoms in total. The molecule has 0 spiro atoms. The lowest BCUT2D eigenvalue weighted by molar-refractivity contribution is 0.254. The van der Waals surface area contributed by atoms with Crippen molar-refractivity contribution in [3.63, 3.8) is 0 Å². The van der Waals surface area contributed by atoms with Gasteiger partial charge in [-0.05, 0) is 18.2 Å². The summed E-state index contributed by atoms with van der Waals surface area (Å²) in [5, 5.41) is 15.7. The molecule has 1 aromatic carbocycles. The molecule has 86 valence electrons. The van der Waals surface area contributed by atoms with Gasteiger partial charge in [0.2, 0.25) is 0 Å². The van der Waals surface area contributed by atoms with Gasteiger partial charge in [0.15, 0.2) is 5.84 Å². The Bertz CT molecular complexity index is 434. The molecule has 1 rings (SSSR count). The van der Waals surface area contributed by atoms with Crippen molar-refractivity contribution in [2.24, 2.45) is 10.9 Å². The number of nitrogens with one attached hydrogen (secondary N) is 2. The fourth-order valence-electron chi connectivity index (χ4n) is 1.02. The van der Waals surface area contributed by atoms with Gasteiger partial charge in [0.25, 0.3) is 0 Å². The number of rotatable bonds is 2. The second-order valence-corrected chi connectivity index (χ2v) is 2.88. The Morgan fingerprint density at radius 1 is 1.56 bits per heavy atom. The van der Waals surface area contributed by atoms with Gasteiger partial charge in [-0.1, -0.05) is 5.16 Å². The quantitative estimate of drug-likeness (QED) is 0.258. The topological polar surface area (TPSA) is 99.7 Å². The molecule has 0 radical (unpaired) electrons. The van der Waals surface area contributed by atoms with Crippen molar-refractivity contribution >= 4 is 17.6 Å². The minimum absolute atomic E-state index is 0.00818. The van der Waals surface area contributed by atoms with E-state index >= 15 is 0 Å². The van der Waals surface area contributed by atoms with E-state index in [-0.39, 0.29) is 17.1 Å². The lowest BCUT2D eigenvalue weighted by Gasteiger charge is -2.06. The maximum Gasteiger partial charge on any atom is 0.319 e. The van der Waals surface area contributed by atoms with Crippen LogP contribution in [-0.4, -0.2) is 24.1 Å². The second kappa shape index (κ2) is 4.96. The van der Waals surface area contributed by atoms with Crippen LogP contribution < -0.4 is 16.4 Å². The Balaban J connectivity index is 2.96. The van der Waals surface area contributed by atoms with Crippen molar-refractivity contribution in [2.45, 2.75) is 0 Å². The predicted octanol–water partition coefficient (Wildman–Crippen LogP) is 0.671. The van der Waals surface area contributed by atoms with Crippen molar-refractivity contribution in [3.05, 3.63) is 29.6 Å². The molecule has 5 N–H and O–H groups in total. The number of nitrogens with two attached hydrogens (primary N) is 1. The molecule has 0 aliphatic carbocycles. The fourth-order valence-corrected chi connectivity index (χ4v) is 1.02. The summed E-state index contributed by atoms with van der Waals surface area (Å²) in [5.74, 6) is -0.877. The van der Waals surface area contributed by atoms with E-state index in [0.717, 1.165) is 6.07 Å². The highest BCUT2D eigenvalue weighted by molar-refractivity contribution is 5.98. The molecule has 0 bridgehead atoms. The highest BCUT2D eigenvalue weighted by Gasteiger charge is 2.08. The normalized spacial score (nSPS) is 11.0. The smallest absolute Gasteiger partial charge is 0.319 e. The molecule has 0 heterocycles. The number of carbonyl (C=O) groups excluding carboxylic acids is 1. The number of carbonyl (C=O) groups is 1. The molecule has 16 heavy (non-hydrogen) atoms. The maximum absolute atomic E-state index is 13.4. The molecule has 2 amide bonds. The number of halogens is 1. The number of anilines is 1. The Hall–Kier alpha value is -2.31. The summed E-state index contributed by atoms with van der Waals surface area (Å²) in [5.41, 5.74) is 5.51. The van der Waals surface area contributed by atoms with Gasteiger partial charge in [0, 0.05) is 12.6 Å². The van der Waals surface area contributed by atoms with Gasteiger partial charge in [-0.15, -0.1) is 0 Å². The van der Waals surface area contributed by atoms with E-state index in [9.17, 15) is 9.18 Å². The van der Waals surface area contributed by atoms with E-state index in [1.807, 2.05) is 0 Å². The maximum atomic E-state index is 13.4. The number of hydrogen-bond donors (Lipinski definition) is 4. The first-order valence-electron chi connectivity index (χ1n) is 4.34. The second-order valence-electron chi connectivity index (χ2n) is 2.88. The minimum Gasteiger partial charge on any atom is -0.409 e. The molecule has 0 aliphatic heterocycles. The van der Waals surface area contributed by atoms with Crippen LogP contribution in [-0.2, 0) is 0 Å². The molecule has 1 aromatic rings. The average molecular weight is 226 g/mol. The number of nitrogens with zero attached hydrogens (tertiary/aromatic N) is 1. The summed E-state index contributed by atoms with van der Waals surface area (Å²) in [6.45, 7) is 0. The van der Waals surface area contributed by atoms with E-state index in [0.29, 0.717) is 0 Å². The summed E-state index contributed by atoms with van der Waals surface area (Å²) >= 11 is 0. The Morgan fingerprint density at radius 2 is 2.25 bits per heavy atom. The highest BCUT2D eigenvalue weighted by atomic mass is 19.1. The molecule has 0 fully saturated rings. The van der Waals surface area contributed by atoms with Crippen LogP contribution in [0.25, 0.3) is 0 Å². The van der Waals surface area contributed by atoms with Gasteiger partial charge < -0.3 is 21.6 Å². The summed E-state index contributed by atoms with van der Waals surface area (Å²) in [4.78, 5) is 10.9. The van der Waals surface area contributed by atoms with Gasteiger partial charge >= 0.3 is 6.03 Å². The van der Waals surface area contributed by atoms with Crippen LogP contribution in [0, 0.1) is 5.82 Å². The highest BCUT2D eigenvalue weighted by Crippen LogP contribution is 2.15. The molecule has 0 saturated heterocycles. The van der Waals surface area contributed by atoms with Crippen LogP contribution in [0.1, 0.15) is 5.56 Å². The molecule has 0 atom stereocenters. The van der Waals surface area contributed by atoms with Crippen LogP contribution in [0.2, 0.25) is 0 Å². The van der Waals surface area contributed by atoms with E-state index in [4.69, 9.17) is 10.9 Å². The number of amides is 2. The number of hydrogen-bond acceptors (Lipinski definition) is 3. The number of benzene rings is 1. The van der Waals surface area contributed by atoms with E-state index in [2.05, 4.69) is 15.8 Å². The van der Waals surface area contributed by atoms with Crippen LogP contribution in [0.15, 0.2) is 23.4 Å². The largest absolute Gasteiger partial charge is 0.409 e. The van der Waals surface area contributed by atoms with E-state index in [1.165, 1.54) is 19.2 Å². The fraction of sp³-hybridized carbons (Fsp3) is 0.111. The van der Waals surface area contributed by atoms with Crippen molar-refractivity contribution in [3.8, 4) is 0 Å². The minimum atomic E-state index is -0.673. The summed E-state index contributed by atoms with van der Waals surface area (Å²) in [6, 6.07) is 3.26. The molecular formula is C9H11FN4O2. The average Bonchev–Trinajstić information content (AvgIpc) is 2.30. The zero-order valence-corrected chi connectivity index (χ0v) is 8.49. The van der Waals surface area contributed by atoms with Gasteiger partial charge in [-0.3, -0.25) is 0 Å². The molecule has 0 unspecified atom stereocenters. The van der Waals surface area contributed by atoms with Crippen molar-refractivity contribution in [2.75, 3.05) is 12.4 Å². The summed E-state index contributed by atoms with van der Waals surface area (Å²) in [7, 11) is 1.41. The lowest BCUT2D eigenvalue weighted by Crippen LogP contribution is -2.25. The standard InChI is InChI=1S/C9H11FN4O2/c1-12-9(15)13-7-3-2-5(4-6(7)10)8(11)14-16/h2-4,16H,1H3,(H2,11,14)(H2,12,13,15). The molecule has 7 heteroatoms. The van der Waals surface area contributed by atoms with Crippen LogP contribution >= 0.6 is 0 Å². The van der Waals surface area contributed by atoms with Crippen molar-refractivity contribution < 1.29 is 14.4 Å². The summed E-state index contributed by atoms with van der Waals surface area (Å²) in [6.07, 6.45) is 0. The first kappa shape index (κ1) is 11.8. The Kier molecular flexibility index (Phi) is 3.65. The first-order chi connectivity index (χ1) is 7.58. The van der Waals surface area contributed by atoms with Gasteiger partial charge in [-0.25, -0.2) is 9.18 Å². The zero-order valence-electron chi connectivity index (χ0n) is 8.49. The summed E-state index contributed by atoms with van der Waals surface area (Å²) < 4.78 is 13.4. The Labute approximate surface area is 90.9 Å². The number of amidine groups is 1. The lowest BCUT2D eigenvalue weighted by atomic mass is 10.2. The van der Waals surface area contributed by atoms with Gasteiger partial charge in [-0.2, -0.15) is 0 Å². The van der Waals surface area contributed by atoms with Crippen LogP contribution in [0.5, 0.6) is 0 Å². The third-order valence-corrected chi connectivity index (χ3v) is 1.85. The third kappa shape index (κ3) is 2.59.